The Balaban J connectivity index is 1.92. The first-order valence-electron chi connectivity index (χ1n) is 9.12. The van der Waals surface area contributed by atoms with Crippen LogP contribution in [0, 0.1) is 10.1 Å². The number of para-hydroxylation sites is 2. The second-order valence-electron chi connectivity index (χ2n) is 6.67. The van der Waals surface area contributed by atoms with Crippen LogP contribution in [-0.4, -0.2) is 21.0 Å². The number of anilines is 4. The van der Waals surface area contributed by atoms with Gasteiger partial charge in [-0.2, -0.15) is 18.2 Å². The Labute approximate surface area is 175 Å². The molecule has 1 aromatic heterocycles. The Morgan fingerprint density at radius 3 is 2.35 bits per heavy atom. The van der Waals surface area contributed by atoms with E-state index in [4.69, 9.17) is 4.74 Å². The zero-order chi connectivity index (χ0) is 22.6. The van der Waals surface area contributed by atoms with Crippen LogP contribution < -0.4 is 15.4 Å². The number of nitrogens with zero attached hydrogens (tertiary/aromatic N) is 3. The number of alkyl halides is 3. The van der Waals surface area contributed by atoms with Gasteiger partial charge >= 0.3 is 6.18 Å². The predicted molar refractivity (Wildman–Crippen MR) is 109 cm³/mol. The van der Waals surface area contributed by atoms with Crippen molar-refractivity contribution in [3.63, 3.8) is 0 Å². The SMILES string of the molecule is CC(C)Oc1ccc(Nc2ncc(C(F)(F)F)c(Nc3ccccc3[N+](=O)[O-])n2)cc1. The molecule has 0 unspecified atom stereocenters. The Hall–Kier alpha value is -3.89. The molecule has 2 N–H and O–H groups in total. The summed E-state index contributed by atoms with van der Waals surface area (Å²) in [5, 5.41) is 16.4. The minimum Gasteiger partial charge on any atom is -0.491 e. The minimum atomic E-state index is -4.76. The van der Waals surface area contributed by atoms with Crippen LogP contribution in [0.15, 0.2) is 54.7 Å². The smallest absolute Gasteiger partial charge is 0.421 e. The second kappa shape index (κ2) is 8.86. The summed E-state index contributed by atoms with van der Waals surface area (Å²) in [6.07, 6.45) is -4.16. The van der Waals surface area contributed by atoms with E-state index in [-0.39, 0.29) is 23.4 Å². The molecule has 3 rings (SSSR count). The number of benzene rings is 2. The highest BCUT2D eigenvalue weighted by molar-refractivity contribution is 5.70. The van der Waals surface area contributed by atoms with Gasteiger partial charge in [0.05, 0.1) is 11.0 Å². The molecule has 31 heavy (non-hydrogen) atoms. The molecule has 0 aliphatic heterocycles. The monoisotopic (exact) mass is 433 g/mol. The first kappa shape index (κ1) is 21.8. The molecule has 3 aromatic rings. The lowest BCUT2D eigenvalue weighted by atomic mass is 10.2. The summed E-state index contributed by atoms with van der Waals surface area (Å²) in [4.78, 5) is 18.1. The molecule has 0 radical (unpaired) electrons. The van der Waals surface area contributed by atoms with Gasteiger partial charge in [-0.15, -0.1) is 0 Å². The molecule has 0 bridgehead atoms. The van der Waals surface area contributed by atoms with Crippen molar-refractivity contribution in [1.82, 2.24) is 9.97 Å². The number of aromatic nitrogens is 2. The molecular weight excluding hydrogens is 415 g/mol. The van der Waals surface area contributed by atoms with Gasteiger partial charge in [-0.3, -0.25) is 10.1 Å². The van der Waals surface area contributed by atoms with Crippen molar-refractivity contribution in [2.75, 3.05) is 10.6 Å². The van der Waals surface area contributed by atoms with Crippen molar-refractivity contribution in [3.05, 3.63) is 70.4 Å². The van der Waals surface area contributed by atoms with Crippen molar-refractivity contribution in [2.45, 2.75) is 26.1 Å². The number of hydrogen-bond acceptors (Lipinski definition) is 7. The van der Waals surface area contributed by atoms with Gasteiger partial charge in [-0.1, -0.05) is 12.1 Å². The van der Waals surface area contributed by atoms with Gasteiger partial charge < -0.3 is 15.4 Å². The van der Waals surface area contributed by atoms with Crippen LogP contribution in [0.2, 0.25) is 0 Å². The Bertz CT molecular complexity index is 1070. The Morgan fingerprint density at radius 1 is 1.06 bits per heavy atom. The van der Waals surface area contributed by atoms with Crippen LogP contribution in [0.4, 0.5) is 42.0 Å². The molecule has 0 aliphatic carbocycles. The number of nitro benzene ring substituents is 1. The summed E-state index contributed by atoms with van der Waals surface area (Å²) in [6.45, 7) is 3.77. The van der Waals surface area contributed by atoms with Gasteiger partial charge in [0.15, 0.2) is 0 Å². The molecule has 8 nitrogen and oxygen atoms in total. The molecule has 0 amide bonds. The van der Waals surface area contributed by atoms with Crippen LogP contribution in [0.25, 0.3) is 0 Å². The van der Waals surface area contributed by atoms with Crippen LogP contribution in [-0.2, 0) is 6.18 Å². The number of halogens is 3. The fraction of sp³-hybridized carbons (Fsp3) is 0.200. The highest BCUT2D eigenvalue weighted by atomic mass is 19.4. The molecular formula is C20H18F3N5O3. The molecule has 0 atom stereocenters. The molecule has 1 heterocycles. The highest BCUT2D eigenvalue weighted by Gasteiger charge is 2.36. The molecule has 0 aliphatic rings. The van der Waals surface area contributed by atoms with E-state index in [2.05, 4.69) is 20.6 Å². The third-order valence-electron chi connectivity index (χ3n) is 3.93. The molecule has 2 aromatic carbocycles. The van der Waals surface area contributed by atoms with Crippen LogP contribution in [0.3, 0.4) is 0 Å². The van der Waals surface area contributed by atoms with Crippen LogP contribution >= 0.6 is 0 Å². The molecule has 0 saturated carbocycles. The third-order valence-corrected chi connectivity index (χ3v) is 3.93. The third kappa shape index (κ3) is 5.59. The van der Waals surface area contributed by atoms with Gasteiger partial charge in [-0.25, -0.2) is 4.98 Å². The molecule has 0 spiro atoms. The van der Waals surface area contributed by atoms with Crippen molar-refractivity contribution in [2.24, 2.45) is 0 Å². The quantitative estimate of drug-likeness (QED) is 0.365. The zero-order valence-electron chi connectivity index (χ0n) is 16.5. The maximum absolute atomic E-state index is 13.4. The maximum Gasteiger partial charge on any atom is 0.421 e. The molecule has 0 fully saturated rings. The molecule has 11 heteroatoms. The number of rotatable bonds is 7. The van der Waals surface area contributed by atoms with Gasteiger partial charge in [0.2, 0.25) is 5.95 Å². The van der Waals surface area contributed by atoms with Gasteiger partial charge in [0, 0.05) is 18.0 Å². The van der Waals surface area contributed by atoms with Crippen molar-refractivity contribution in [1.29, 1.82) is 0 Å². The van der Waals surface area contributed by atoms with Gasteiger partial charge in [-0.05, 0) is 44.2 Å². The minimum absolute atomic E-state index is 0.00673. The summed E-state index contributed by atoms with van der Waals surface area (Å²) in [5.41, 5.74) is -1.15. The number of nitro groups is 1. The summed E-state index contributed by atoms with van der Waals surface area (Å²) >= 11 is 0. The summed E-state index contributed by atoms with van der Waals surface area (Å²) in [6, 6.07) is 12.1. The van der Waals surface area contributed by atoms with Crippen molar-refractivity contribution in [3.8, 4) is 5.75 Å². The van der Waals surface area contributed by atoms with Crippen molar-refractivity contribution >= 4 is 28.8 Å². The maximum atomic E-state index is 13.4. The first-order chi connectivity index (χ1) is 14.6. The zero-order valence-corrected chi connectivity index (χ0v) is 16.5. The van der Waals surface area contributed by atoms with Crippen LogP contribution in [0.1, 0.15) is 19.4 Å². The summed E-state index contributed by atoms with van der Waals surface area (Å²) in [5.74, 6) is -0.0988. The largest absolute Gasteiger partial charge is 0.491 e. The van der Waals surface area contributed by atoms with E-state index in [0.29, 0.717) is 17.6 Å². The number of nitrogens with one attached hydrogen (secondary N) is 2. The lowest BCUT2D eigenvalue weighted by molar-refractivity contribution is -0.383. The first-order valence-corrected chi connectivity index (χ1v) is 9.12. The lowest BCUT2D eigenvalue weighted by Crippen LogP contribution is -2.13. The topological polar surface area (TPSA) is 102 Å². The van der Waals surface area contributed by atoms with E-state index < -0.39 is 22.5 Å². The number of ether oxygens (including phenoxy) is 1. The van der Waals surface area contributed by atoms with Gasteiger partial charge in [0.25, 0.3) is 5.69 Å². The molecule has 162 valence electrons. The Kier molecular flexibility index (Phi) is 6.23. The highest BCUT2D eigenvalue weighted by Crippen LogP contribution is 2.37. The average Bonchev–Trinajstić information content (AvgIpc) is 2.68. The summed E-state index contributed by atoms with van der Waals surface area (Å²) in [7, 11) is 0. The lowest BCUT2D eigenvalue weighted by Gasteiger charge is -2.15. The fourth-order valence-corrected chi connectivity index (χ4v) is 2.63. The predicted octanol–water partition coefficient (Wildman–Crippen LogP) is 5.68. The van der Waals surface area contributed by atoms with E-state index in [0.717, 1.165) is 0 Å². The van der Waals surface area contributed by atoms with Gasteiger partial charge in [0.1, 0.15) is 22.8 Å². The van der Waals surface area contributed by atoms with Crippen molar-refractivity contribution < 1.29 is 22.8 Å². The van der Waals surface area contributed by atoms with E-state index in [1.54, 1.807) is 24.3 Å². The normalized spacial score (nSPS) is 11.3. The standard InChI is InChI=1S/C20H18F3N5O3/c1-12(2)31-14-9-7-13(8-10-14)25-19-24-11-15(20(21,22)23)18(27-19)26-16-5-3-4-6-17(16)28(29)30/h3-12H,1-2H3,(H2,24,25,26,27). The Morgan fingerprint density at radius 2 is 1.74 bits per heavy atom. The molecule has 0 saturated heterocycles. The van der Waals surface area contributed by atoms with E-state index in [1.165, 1.54) is 24.3 Å². The van der Waals surface area contributed by atoms with E-state index in [9.17, 15) is 23.3 Å². The van der Waals surface area contributed by atoms with E-state index >= 15 is 0 Å². The average molecular weight is 433 g/mol. The second-order valence-corrected chi connectivity index (χ2v) is 6.67. The fourth-order valence-electron chi connectivity index (χ4n) is 2.63. The summed E-state index contributed by atoms with van der Waals surface area (Å²) < 4.78 is 45.8. The number of hydrogen-bond donors (Lipinski definition) is 2. The van der Waals surface area contributed by atoms with E-state index in [1.807, 2.05) is 13.8 Å². The van der Waals surface area contributed by atoms with Crippen LogP contribution in [0.5, 0.6) is 5.75 Å².